The van der Waals surface area contributed by atoms with E-state index in [0.717, 1.165) is 5.56 Å². The first kappa shape index (κ1) is 9.79. The van der Waals surface area contributed by atoms with Crippen molar-refractivity contribution in [1.29, 1.82) is 0 Å². The molecule has 2 nitrogen and oxygen atoms in total. The molecule has 1 aromatic carbocycles. The molecule has 66 valence electrons. The van der Waals surface area contributed by atoms with Crippen LogP contribution >= 0.6 is 11.6 Å². The first-order chi connectivity index (χ1) is 6.27. The van der Waals surface area contributed by atoms with Crippen LogP contribution in [-0.2, 0) is 0 Å². The topological polar surface area (TPSA) is 43.1 Å². The van der Waals surface area contributed by atoms with Crippen LogP contribution in [0.2, 0.25) is 5.02 Å². The van der Waals surface area contributed by atoms with Gasteiger partial charge in [-0.05, 0) is 18.2 Å². The van der Waals surface area contributed by atoms with Gasteiger partial charge in [0.1, 0.15) is 0 Å². The second kappa shape index (κ2) is 4.66. The Labute approximate surface area is 81.7 Å². The maximum Gasteiger partial charge on any atom is 0.151 e. The van der Waals surface area contributed by atoms with E-state index in [1.165, 1.54) is 0 Å². The Morgan fingerprint density at radius 1 is 1.54 bits per heavy atom. The van der Waals surface area contributed by atoms with Gasteiger partial charge in [0, 0.05) is 11.1 Å². The molecule has 2 N–H and O–H groups in total. The number of hydrogen-bond acceptors (Lipinski definition) is 2. The highest BCUT2D eigenvalue weighted by Gasteiger charge is 1.97. The van der Waals surface area contributed by atoms with E-state index in [4.69, 9.17) is 17.3 Å². The Balaban J connectivity index is 3.02. The van der Waals surface area contributed by atoms with Gasteiger partial charge in [-0.1, -0.05) is 23.4 Å². The van der Waals surface area contributed by atoms with Crippen molar-refractivity contribution in [3.8, 4) is 11.8 Å². The third kappa shape index (κ3) is 2.59. The predicted molar refractivity (Wildman–Crippen MR) is 52.8 cm³/mol. The van der Waals surface area contributed by atoms with Crippen molar-refractivity contribution in [3.05, 3.63) is 34.3 Å². The lowest BCUT2D eigenvalue weighted by Gasteiger charge is -1.95. The minimum atomic E-state index is 0.313. The van der Waals surface area contributed by atoms with Crippen LogP contribution < -0.4 is 5.73 Å². The van der Waals surface area contributed by atoms with Crippen LogP contribution in [0.3, 0.4) is 0 Å². The van der Waals surface area contributed by atoms with E-state index >= 15 is 0 Å². The summed E-state index contributed by atoms with van der Waals surface area (Å²) in [6.45, 7) is 0.313. The summed E-state index contributed by atoms with van der Waals surface area (Å²) in [6, 6.07) is 5.02. The smallest absolute Gasteiger partial charge is 0.151 e. The molecule has 1 rings (SSSR count). The fourth-order valence-corrected chi connectivity index (χ4v) is 1.08. The third-order valence-corrected chi connectivity index (χ3v) is 1.79. The first-order valence-electron chi connectivity index (χ1n) is 3.71. The highest BCUT2D eigenvalue weighted by Crippen LogP contribution is 2.15. The second-order valence-corrected chi connectivity index (χ2v) is 2.77. The molecule has 0 heterocycles. The molecule has 3 heteroatoms. The Morgan fingerprint density at radius 2 is 2.31 bits per heavy atom. The van der Waals surface area contributed by atoms with Crippen LogP contribution in [-0.4, -0.2) is 12.8 Å². The van der Waals surface area contributed by atoms with Crippen LogP contribution in [0, 0.1) is 11.8 Å². The minimum Gasteiger partial charge on any atom is -0.320 e. The molecular weight excluding hydrogens is 186 g/mol. The monoisotopic (exact) mass is 193 g/mol. The van der Waals surface area contributed by atoms with Gasteiger partial charge in [0.2, 0.25) is 0 Å². The fourth-order valence-electron chi connectivity index (χ4n) is 0.854. The Morgan fingerprint density at radius 3 is 2.85 bits per heavy atom. The van der Waals surface area contributed by atoms with Gasteiger partial charge in [0.25, 0.3) is 0 Å². The van der Waals surface area contributed by atoms with Crippen LogP contribution in [0.25, 0.3) is 0 Å². The molecule has 0 aromatic heterocycles. The lowest BCUT2D eigenvalue weighted by molar-refractivity contribution is 0.112. The van der Waals surface area contributed by atoms with Crippen molar-refractivity contribution in [2.75, 3.05) is 6.54 Å². The molecule has 0 atom stereocenters. The van der Waals surface area contributed by atoms with Crippen molar-refractivity contribution >= 4 is 17.9 Å². The number of carbonyl (C=O) groups excluding carboxylic acids is 1. The molecule has 0 aliphatic rings. The largest absolute Gasteiger partial charge is 0.320 e. The van der Waals surface area contributed by atoms with Gasteiger partial charge < -0.3 is 5.73 Å². The molecule has 0 saturated heterocycles. The van der Waals surface area contributed by atoms with E-state index < -0.39 is 0 Å². The zero-order chi connectivity index (χ0) is 9.68. The van der Waals surface area contributed by atoms with Crippen molar-refractivity contribution in [2.24, 2.45) is 5.73 Å². The van der Waals surface area contributed by atoms with Crippen LogP contribution in [0.5, 0.6) is 0 Å². The highest BCUT2D eigenvalue weighted by atomic mass is 35.5. The number of hydrogen-bond donors (Lipinski definition) is 1. The molecule has 0 aliphatic heterocycles. The molecule has 0 unspecified atom stereocenters. The van der Waals surface area contributed by atoms with Crippen molar-refractivity contribution < 1.29 is 4.79 Å². The van der Waals surface area contributed by atoms with Gasteiger partial charge in [-0.2, -0.15) is 0 Å². The van der Waals surface area contributed by atoms with E-state index in [9.17, 15) is 4.79 Å². The summed E-state index contributed by atoms with van der Waals surface area (Å²) in [5.74, 6) is 5.52. The van der Waals surface area contributed by atoms with Crippen molar-refractivity contribution in [1.82, 2.24) is 0 Å². The molecule has 0 spiro atoms. The van der Waals surface area contributed by atoms with Gasteiger partial charge in [0.15, 0.2) is 6.29 Å². The number of aldehydes is 1. The normalized spacial score (nSPS) is 8.77. The summed E-state index contributed by atoms with van der Waals surface area (Å²) >= 11 is 5.78. The number of nitrogens with two attached hydrogens (primary N) is 1. The lowest BCUT2D eigenvalue weighted by atomic mass is 10.1. The van der Waals surface area contributed by atoms with E-state index in [1.807, 2.05) is 0 Å². The maximum absolute atomic E-state index is 10.4. The Hall–Kier alpha value is -1.30. The maximum atomic E-state index is 10.4. The Kier molecular flexibility index (Phi) is 3.51. The van der Waals surface area contributed by atoms with Crippen molar-refractivity contribution in [3.63, 3.8) is 0 Å². The number of halogens is 1. The van der Waals surface area contributed by atoms with Gasteiger partial charge in [0.05, 0.1) is 11.6 Å². The molecule has 0 fully saturated rings. The van der Waals surface area contributed by atoms with Gasteiger partial charge >= 0.3 is 0 Å². The predicted octanol–water partition coefficient (Wildman–Crippen LogP) is 1.46. The first-order valence-corrected chi connectivity index (χ1v) is 4.09. The third-order valence-electron chi connectivity index (χ3n) is 1.46. The molecular formula is C10H8ClNO. The summed E-state index contributed by atoms with van der Waals surface area (Å²) in [7, 11) is 0. The van der Waals surface area contributed by atoms with Gasteiger partial charge in [-0.3, -0.25) is 4.79 Å². The lowest BCUT2D eigenvalue weighted by Crippen LogP contribution is -1.93. The molecule has 1 aromatic rings. The molecule has 0 radical (unpaired) electrons. The minimum absolute atomic E-state index is 0.313. The zero-order valence-corrected chi connectivity index (χ0v) is 7.64. The number of carbonyl (C=O) groups is 1. The van der Waals surface area contributed by atoms with Crippen LogP contribution in [0.15, 0.2) is 18.2 Å². The van der Waals surface area contributed by atoms with E-state index in [0.29, 0.717) is 23.4 Å². The number of benzene rings is 1. The number of rotatable bonds is 1. The van der Waals surface area contributed by atoms with Crippen LogP contribution in [0.4, 0.5) is 0 Å². The average Bonchev–Trinajstić information content (AvgIpc) is 2.15. The second-order valence-electron chi connectivity index (χ2n) is 2.36. The molecule has 0 saturated carbocycles. The summed E-state index contributed by atoms with van der Waals surface area (Å²) in [5.41, 5.74) is 6.44. The highest BCUT2D eigenvalue weighted by molar-refractivity contribution is 6.33. The van der Waals surface area contributed by atoms with Crippen LogP contribution in [0.1, 0.15) is 15.9 Å². The molecule has 0 amide bonds. The molecule has 0 bridgehead atoms. The quantitative estimate of drug-likeness (QED) is 0.542. The summed E-state index contributed by atoms with van der Waals surface area (Å²) < 4.78 is 0. The van der Waals surface area contributed by atoms with Gasteiger partial charge in [-0.15, -0.1) is 0 Å². The van der Waals surface area contributed by atoms with Crippen molar-refractivity contribution in [2.45, 2.75) is 0 Å². The molecule has 13 heavy (non-hydrogen) atoms. The van der Waals surface area contributed by atoms with E-state index in [2.05, 4.69) is 11.8 Å². The van der Waals surface area contributed by atoms with E-state index in [-0.39, 0.29) is 0 Å². The summed E-state index contributed by atoms with van der Waals surface area (Å²) in [4.78, 5) is 10.4. The van der Waals surface area contributed by atoms with E-state index in [1.54, 1.807) is 18.2 Å². The Bertz CT molecular complexity index is 376. The standard InChI is InChI=1S/C10H8ClNO/c11-10-6-8(2-1-5-12)3-4-9(10)7-13/h3-4,6-7H,5,12H2. The zero-order valence-electron chi connectivity index (χ0n) is 6.88. The fraction of sp³-hybridized carbons (Fsp3) is 0.100. The SMILES string of the molecule is NCC#Cc1ccc(C=O)c(Cl)c1. The summed E-state index contributed by atoms with van der Waals surface area (Å²) in [6.07, 6.45) is 0.711. The van der Waals surface area contributed by atoms with Gasteiger partial charge in [-0.25, -0.2) is 0 Å². The molecule has 0 aliphatic carbocycles. The average molecular weight is 194 g/mol. The summed E-state index contributed by atoms with van der Waals surface area (Å²) in [5, 5.41) is 0.416.